The molecule has 0 saturated heterocycles. The fourth-order valence-electron chi connectivity index (χ4n) is 2.72. The van der Waals surface area contributed by atoms with E-state index in [1.165, 1.54) is 5.56 Å². The smallest absolute Gasteiger partial charge is 0.223 e. The fraction of sp³-hybridized carbons (Fsp3) is 0.381. The van der Waals surface area contributed by atoms with Crippen molar-refractivity contribution in [2.24, 2.45) is 0 Å². The van der Waals surface area contributed by atoms with E-state index >= 15 is 0 Å². The summed E-state index contributed by atoms with van der Waals surface area (Å²) in [4.78, 5) is 14.4. The Balaban J connectivity index is 1.81. The number of carbonyl (C=O) groups excluding carboxylic acids is 1. The maximum absolute atomic E-state index is 12.2. The molecule has 2 aromatic rings. The lowest BCUT2D eigenvalue weighted by molar-refractivity contribution is -0.126. The van der Waals surface area contributed by atoms with Gasteiger partial charge in [-0.25, -0.2) is 0 Å². The maximum Gasteiger partial charge on any atom is 0.223 e. The van der Waals surface area contributed by atoms with E-state index in [0.29, 0.717) is 6.54 Å². The Bertz CT molecular complexity index is 656. The molecule has 2 rings (SSSR count). The Morgan fingerprint density at radius 3 is 2.28 bits per heavy atom. The molecule has 0 aliphatic rings. The SMILES string of the molecule is CC(CNC(=O)CC(C)(O)c1ccccc1)N(C)Cc1ccccc1. The molecule has 0 fully saturated rings. The van der Waals surface area contributed by atoms with Crippen LogP contribution in [0.15, 0.2) is 60.7 Å². The second kappa shape index (κ2) is 8.79. The van der Waals surface area contributed by atoms with Crippen molar-refractivity contribution in [3.8, 4) is 0 Å². The highest BCUT2D eigenvalue weighted by molar-refractivity contribution is 5.77. The van der Waals surface area contributed by atoms with Crippen molar-refractivity contribution >= 4 is 5.91 Å². The van der Waals surface area contributed by atoms with Gasteiger partial charge in [0.15, 0.2) is 0 Å². The average Bonchev–Trinajstić information content (AvgIpc) is 2.61. The van der Waals surface area contributed by atoms with E-state index in [4.69, 9.17) is 0 Å². The minimum atomic E-state index is -1.16. The first kappa shape index (κ1) is 19.2. The van der Waals surface area contributed by atoms with Crippen LogP contribution in [0.1, 0.15) is 31.4 Å². The molecule has 2 N–H and O–H groups in total. The van der Waals surface area contributed by atoms with Gasteiger partial charge in [0.25, 0.3) is 0 Å². The molecule has 0 aromatic heterocycles. The number of hydrogen-bond acceptors (Lipinski definition) is 3. The monoisotopic (exact) mass is 340 g/mol. The van der Waals surface area contributed by atoms with Crippen molar-refractivity contribution in [2.45, 2.75) is 38.5 Å². The summed E-state index contributed by atoms with van der Waals surface area (Å²) >= 11 is 0. The number of rotatable bonds is 8. The normalized spacial score (nSPS) is 14.8. The fourth-order valence-corrected chi connectivity index (χ4v) is 2.72. The van der Waals surface area contributed by atoms with Crippen molar-refractivity contribution in [1.82, 2.24) is 10.2 Å². The van der Waals surface area contributed by atoms with Gasteiger partial charge in [-0.15, -0.1) is 0 Å². The third-order valence-corrected chi connectivity index (χ3v) is 4.52. The summed E-state index contributed by atoms with van der Waals surface area (Å²) in [6.07, 6.45) is 0.0478. The molecule has 0 aliphatic carbocycles. The maximum atomic E-state index is 12.2. The number of nitrogens with zero attached hydrogens (tertiary/aromatic N) is 1. The summed E-state index contributed by atoms with van der Waals surface area (Å²) < 4.78 is 0. The van der Waals surface area contributed by atoms with Crippen LogP contribution in [0.4, 0.5) is 0 Å². The molecule has 2 aromatic carbocycles. The number of amides is 1. The quantitative estimate of drug-likeness (QED) is 0.777. The molecule has 2 unspecified atom stereocenters. The summed E-state index contributed by atoms with van der Waals surface area (Å²) in [5, 5.41) is 13.5. The van der Waals surface area contributed by atoms with Gasteiger partial charge in [-0.05, 0) is 32.0 Å². The number of carbonyl (C=O) groups is 1. The largest absolute Gasteiger partial charge is 0.385 e. The van der Waals surface area contributed by atoms with E-state index in [1.807, 2.05) is 55.6 Å². The average molecular weight is 340 g/mol. The zero-order valence-electron chi connectivity index (χ0n) is 15.3. The molecule has 25 heavy (non-hydrogen) atoms. The Kier molecular flexibility index (Phi) is 6.73. The molecule has 2 atom stereocenters. The van der Waals surface area contributed by atoms with E-state index < -0.39 is 5.60 Å². The van der Waals surface area contributed by atoms with Crippen LogP contribution in [0.25, 0.3) is 0 Å². The lowest BCUT2D eigenvalue weighted by Gasteiger charge is -2.27. The third-order valence-electron chi connectivity index (χ3n) is 4.52. The number of benzene rings is 2. The minimum absolute atomic E-state index is 0.0478. The van der Waals surface area contributed by atoms with Gasteiger partial charge in [0, 0.05) is 19.1 Å². The highest BCUT2D eigenvalue weighted by atomic mass is 16.3. The molecule has 134 valence electrons. The Morgan fingerprint density at radius 1 is 1.12 bits per heavy atom. The molecule has 0 aliphatic heterocycles. The predicted octanol–water partition coefficient (Wildman–Crippen LogP) is 2.92. The summed E-state index contributed by atoms with van der Waals surface area (Å²) in [7, 11) is 2.05. The third kappa shape index (κ3) is 6.00. The van der Waals surface area contributed by atoms with Crippen molar-refractivity contribution in [2.75, 3.05) is 13.6 Å². The number of nitrogens with one attached hydrogen (secondary N) is 1. The molecule has 4 nitrogen and oxygen atoms in total. The van der Waals surface area contributed by atoms with Crippen molar-refractivity contribution in [3.05, 3.63) is 71.8 Å². The van der Waals surface area contributed by atoms with Crippen LogP contribution in [-0.2, 0) is 16.9 Å². The zero-order chi connectivity index (χ0) is 18.3. The lowest BCUT2D eigenvalue weighted by atomic mass is 9.92. The number of likely N-dealkylation sites (N-methyl/N-ethyl adjacent to an activating group) is 1. The van der Waals surface area contributed by atoms with Crippen molar-refractivity contribution in [3.63, 3.8) is 0 Å². The molecule has 0 bridgehead atoms. The van der Waals surface area contributed by atoms with Crippen LogP contribution in [0.2, 0.25) is 0 Å². The summed E-state index contributed by atoms with van der Waals surface area (Å²) in [5.41, 5.74) is 0.833. The van der Waals surface area contributed by atoms with E-state index in [2.05, 4.69) is 29.3 Å². The first-order valence-electron chi connectivity index (χ1n) is 8.67. The number of aliphatic hydroxyl groups is 1. The van der Waals surface area contributed by atoms with Crippen LogP contribution in [0.3, 0.4) is 0 Å². The first-order valence-corrected chi connectivity index (χ1v) is 8.67. The lowest BCUT2D eigenvalue weighted by Crippen LogP contribution is -2.41. The molecular formula is C21H28N2O2. The second-order valence-corrected chi connectivity index (χ2v) is 6.87. The van der Waals surface area contributed by atoms with Crippen LogP contribution in [0, 0.1) is 0 Å². The summed E-state index contributed by atoms with van der Waals surface area (Å²) in [6.45, 7) is 5.14. The van der Waals surface area contributed by atoms with E-state index in [1.54, 1.807) is 6.92 Å². The van der Waals surface area contributed by atoms with Gasteiger partial charge in [0.2, 0.25) is 5.91 Å². The Morgan fingerprint density at radius 2 is 1.68 bits per heavy atom. The Labute approximate surface area is 150 Å². The van der Waals surface area contributed by atoms with Gasteiger partial charge >= 0.3 is 0 Å². The summed E-state index contributed by atoms with van der Waals surface area (Å²) in [5.74, 6) is -0.145. The molecule has 0 heterocycles. The Hall–Kier alpha value is -2.17. The van der Waals surface area contributed by atoms with E-state index in [9.17, 15) is 9.90 Å². The van der Waals surface area contributed by atoms with Crippen LogP contribution < -0.4 is 5.32 Å². The molecule has 0 saturated carbocycles. The topological polar surface area (TPSA) is 52.6 Å². The minimum Gasteiger partial charge on any atom is -0.385 e. The zero-order valence-corrected chi connectivity index (χ0v) is 15.3. The van der Waals surface area contributed by atoms with Crippen molar-refractivity contribution < 1.29 is 9.90 Å². The van der Waals surface area contributed by atoms with Gasteiger partial charge in [-0.3, -0.25) is 9.69 Å². The molecule has 0 radical (unpaired) electrons. The highest BCUT2D eigenvalue weighted by Crippen LogP contribution is 2.23. The van der Waals surface area contributed by atoms with Gasteiger partial charge in [0.1, 0.15) is 0 Å². The molecule has 4 heteroatoms. The van der Waals surface area contributed by atoms with E-state index in [0.717, 1.165) is 12.1 Å². The molecule has 1 amide bonds. The molecule has 0 spiro atoms. The van der Waals surface area contributed by atoms with Crippen LogP contribution >= 0.6 is 0 Å². The van der Waals surface area contributed by atoms with E-state index in [-0.39, 0.29) is 18.4 Å². The van der Waals surface area contributed by atoms with Gasteiger partial charge < -0.3 is 10.4 Å². The number of hydrogen-bond donors (Lipinski definition) is 2. The predicted molar refractivity (Wildman–Crippen MR) is 101 cm³/mol. The summed E-state index contributed by atoms with van der Waals surface area (Å²) in [6, 6.07) is 19.7. The van der Waals surface area contributed by atoms with Gasteiger partial charge in [-0.1, -0.05) is 60.7 Å². The standard InChI is InChI=1S/C21H28N2O2/c1-17(23(3)16-18-10-6-4-7-11-18)15-22-20(24)14-21(2,25)19-12-8-5-9-13-19/h4-13,17,25H,14-16H2,1-3H3,(H,22,24). The second-order valence-electron chi connectivity index (χ2n) is 6.87. The molecular weight excluding hydrogens is 312 g/mol. The first-order chi connectivity index (χ1) is 11.9. The van der Waals surface area contributed by atoms with Crippen molar-refractivity contribution in [1.29, 1.82) is 0 Å². The van der Waals surface area contributed by atoms with Crippen LogP contribution in [-0.4, -0.2) is 35.5 Å². The van der Waals surface area contributed by atoms with Crippen LogP contribution in [0.5, 0.6) is 0 Å². The van der Waals surface area contributed by atoms with Gasteiger partial charge in [-0.2, -0.15) is 0 Å². The highest BCUT2D eigenvalue weighted by Gasteiger charge is 2.26. The van der Waals surface area contributed by atoms with Gasteiger partial charge in [0.05, 0.1) is 12.0 Å².